The summed E-state index contributed by atoms with van der Waals surface area (Å²) in [5.41, 5.74) is -0.182. The summed E-state index contributed by atoms with van der Waals surface area (Å²) in [6, 6.07) is 2.74. The van der Waals surface area contributed by atoms with E-state index in [1.165, 1.54) is 0 Å². The molecule has 0 aliphatic heterocycles. The number of benzene rings is 1. The van der Waals surface area contributed by atoms with E-state index in [0.717, 1.165) is 37.5 Å². The van der Waals surface area contributed by atoms with Crippen LogP contribution in [-0.4, -0.2) is 34.7 Å². The molecule has 2 unspecified atom stereocenters. The Morgan fingerprint density at radius 2 is 2.14 bits per heavy atom. The molecule has 114 valence electrons. The lowest BCUT2D eigenvalue weighted by Gasteiger charge is -2.19. The Bertz CT molecular complexity index is 553. The van der Waals surface area contributed by atoms with Crippen LogP contribution in [-0.2, 0) is 0 Å². The lowest BCUT2D eigenvalue weighted by molar-refractivity contribution is 0.0698. The predicted molar refractivity (Wildman–Crippen MR) is 80.5 cm³/mol. The summed E-state index contributed by atoms with van der Waals surface area (Å²) in [7, 11) is 0. The van der Waals surface area contributed by atoms with E-state index in [4.69, 9.17) is 5.11 Å². The Labute approximate surface area is 126 Å². The van der Waals surface area contributed by atoms with Crippen molar-refractivity contribution in [2.24, 2.45) is 0 Å². The third-order valence-corrected chi connectivity index (χ3v) is 4.70. The zero-order valence-corrected chi connectivity index (χ0v) is 12.4. The second-order valence-electron chi connectivity index (χ2n) is 4.91. The third-order valence-electron chi connectivity index (χ3n) is 3.53. The molecule has 5 nitrogen and oxygen atoms in total. The fraction of sp³-hybridized carbons (Fsp3) is 0.429. The molecule has 7 heteroatoms. The van der Waals surface area contributed by atoms with Crippen LogP contribution in [0.25, 0.3) is 0 Å². The van der Waals surface area contributed by atoms with Crippen LogP contribution in [0.4, 0.5) is 14.9 Å². The molecular formula is C14H17FN2O3S. The normalized spacial score (nSPS) is 21.0. The van der Waals surface area contributed by atoms with Gasteiger partial charge in [0.05, 0.1) is 11.3 Å². The quantitative estimate of drug-likeness (QED) is 0.799. The second kappa shape index (κ2) is 6.80. The molecule has 1 saturated carbocycles. The van der Waals surface area contributed by atoms with Gasteiger partial charge in [0, 0.05) is 11.3 Å². The van der Waals surface area contributed by atoms with E-state index in [1.54, 1.807) is 11.8 Å². The first-order valence-corrected chi connectivity index (χ1v) is 7.93. The van der Waals surface area contributed by atoms with Crippen molar-refractivity contribution in [2.45, 2.75) is 30.6 Å². The van der Waals surface area contributed by atoms with Crippen molar-refractivity contribution in [1.29, 1.82) is 0 Å². The number of carbonyl (C=O) groups is 2. The zero-order valence-electron chi connectivity index (χ0n) is 11.6. The summed E-state index contributed by atoms with van der Waals surface area (Å²) in [4.78, 5) is 23.0. The van der Waals surface area contributed by atoms with Crippen molar-refractivity contribution in [3.05, 3.63) is 29.6 Å². The van der Waals surface area contributed by atoms with Crippen molar-refractivity contribution in [2.75, 3.05) is 11.6 Å². The Hall–Kier alpha value is -1.76. The Morgan fingerprint density at radius 3 is 2.81 bits per heavy atom. The fourth-order valence-electron chi connectivity index (χ4n) is 2.51. The molecule has 0 radical (unpaired) electrons. The minimum absolute atomic E-state index is 0.0429. The van der Waals surface area contributed by atoms with Gasteiger partial charge < -0.3 is 15.7 Å². The summed E-state index contributed by atoms with van der Waals surface area (Å²) in [6.07, 6.45) is 4.99. The number of anilines is 1. The first kappa shape index (κ1) is 15.6. The number of carbonyl (C=O) groups excluding carboxylic acids is 1. The summed E-state index contributed by atoms with van der Waals surface area (Å²) < 4.78 is 13.2. The maximum atomic E-state index is 13.2. The molecule has 0 heterocycles. The lowest BCUT2D eigenvalue weighted by Crippen LogP contribution is -2.41. The topological polar surface area (TPSA) is 78.4 Å². The fourth-order valence-corrected chi connectivity index (χ4v) is 3.44. The van der Waals surface area contributed by atoms with Crippen LogP contribution in [0, 0.1) is 5.82 Å². The van der Waals surface area contributed by atoms with Gasteiger partial charge in [0.25, 0.3) is 0 Å². The van der Waals surface area contributed by atoms with E-state index in [9.17, 15) is 14.0 Å². The number of halogens is 1. The largest absolute Gasteiger partial charge is 0.478 e. The zero-order chi connectivity index (χ0) is 15.4. The van der Waals surface area contributed by atoms with Gasteiger partial charge in [0.1, 0.15) is 5.82 Å². The highest BCUT2D eigenvalue weighted by Gasteiger charge is 2.28. The van der Waals surface area contributed by atoms with E-state index in [0.29, 0.717) is 5.25 Å². The number of nitrogens with one attached hydrogen (secondary N) is 2. The number of urea groups is 1. The molecular weight excluding hydrogens is 295 g/mol. The minimum atomic E-state index is -1.21. The van der Waals surface area contributed by atoms with Gasteiger partial charge >= 0.3 is 12.0 Å². The first-order chi connectivity index (χ1) is 10.0. The molecule has 1 fully saturated rings. The van der Waals surface area contributed by atoms with E-state index < -0.39 is 17.8 Å². The minimum Gasteiger partial charge on any atom is -0.478 e. The molecule has 1 aromatic carbocycles. The molecule has 1 aromatic rings. The van der Waals surface area contributed by atoms with Crippen molar-refractivity contribution in [1.82, 2.24) is 5.32 Å². The summed E-state index contributed by atoms with van der Waals surface area (Å²) >= 11 is 1.70. The van der Waals surface area contributed by atoms with Gasteiger partial charge in [-0.05, 0) is 37.3 Å². The number of hydrogen-bond donors (Lipinski definition) is 3. The predicted octanol–water partition coefficient (Wildman–Crippen LogP) is 2.93. The summed E-state index contributed by atoms with van der Waals surface area (Å²) in [5, 5.41) is 14.7. The van der Waals surface area contributed by atoms with Crippen LogP contribution >= 0.6 is 11.8 Å². The molecule has 1 aliphatic carbocycles. The maximum absolute atomic E-state index is 13.2. The average Bonchev–Trinajstić information content (AvgIpc) is 2.85. The Morgan fingerprint density at radius 1 is 1.38 bits per heavy atom. The molecule has 2 amide bonds. The van der Waals surface area contributed by atoms with Gasteiger partial charge in [-0.2, -0.15) is 11.8 Å². The van der Waals surface area contributed by atoms with Crippen molar-refractivity contribution in [3.63, 3.8) is 0 Å². The maximum Gasteiger partial charge on any atom is 0.337 e. The van der Waals surface area contributed by atoms with Crippen molar-refractivity contribution in [3.8, 4) is 0 Å². The standard InChI is InChI=1S/C14H17FN2O3S/c1-21-12-4-2-3-10(12)16-14(20)17-11-7-8(15)5-6-9(11)13(18)19/h5-7,10,12H,2-4H2,1H3,(H,18,19)(H2,16,17,20). The van der Waals surface area contributed by atoms with E-state index in [1.807, 2.05) is 6.26 Å². The average molecular weight is 312 g/mol. The van der Waals surface area contributed by atoms with Crippen LogP contribution in [0.5, 0.6) is 0 Å². The Kier molecular flexibility index (Phi) is 5.06. The number of hydrogen-bond acceptors (Lipinski definition) is 3. The number of aromatic carboxylic acids is 1. The number of amides is 2. The van der Waals surface area contributed by atoms with Gasteiger partial charge in [0.15, 0.2) is 0 Å². The number of carboxylic acids is 1. The van der Waals surface area contributed by atoms with Gasteiger partial charge in [0.2, 0.25) is 0 Å². The molecule has 1 aliphatic rings. The third kappa shape index (κ3) is 3.87. The van der Waals surface area contributed by atoms with Gasteiger partial charge in [-0.1, -0.05) is 6.42 Å². The molecule has 3 N–H and O–H groups in total. The van der Waals surface area contributed by atoms with E-state index in [-0.39, 0.29) is 17.3 Å². The number of carboxylic acid groups (broad SMARTS) is 1. The van der Waals surface area contributed by atoms with Crippen LogP contribution in [0.3, 0.4) is 0 Å². The van der Waals surface area contributed by atoms with Crippen molar-refractivity contribution >= 4 is 29.4 Å². The SMILES string of the molecule is CSC1CCCC1NC(=O)Nc1cc(F)ccc1C(=O)O. The van der Waals surface area contributed by atoms with Gasteiger partial charge in [-0.15, -0.1) is 0 Å². The molecule has 0 spiro atoms. The second-order valence-corrected chi connectivity index (χ2v) is 5.98. The lowest BCUT2D eigenvalue weighted by atomic mass is 10.1. The van der Waals surface area contributed by atoms with E-state index in [2.05, 4.69) is 10.6 Å². The molecule has 2 rings (SSSR count). The highest BCUT2D eigenvalue weighted by molar-refractivity contribution is 7.99. The molecule has 0 bridgehead atoms. The molecule has 2 atom stereocenters. The smallest absolute Gasteiger partial charge is 0.337 e. The van der Waals surface area contributed by atoms with Crippen LogP contribution in [0.15, 0.2) is 18.2 Å². The summed E-state index contributed by atoms with van der Waals surface area (Å²) in [5.74, 6) is -1.81. The molecule has 0 saturated heterocycles. The van der Waals surface area contributed by atoms with Gasteiger partial charge in [-0.3, -0.25) is 0 Å². The van der Waals surface area contributed by atoms with Crippen LogP contribution < -0.4 is 10.6 Å². The number of rotatable bonds is 4. The molecule has 21 heavy (non-hydrogen) atoms. The number of thioether (sulfide) groups is 1. The van der Waals surface area contributed by atoms with Crippen LogP contribution in [0.2, 0.25) is 0 Å². The Balaban J connectivity index is 2.06. The highest BCUT2D eigenvalue weighted by Crippen LogP contribution is 2.28. The monoisotopic (exact) mass is 312 g/mol. The van der Waals surface area contributed by atoms with Crippen molar-refractivity contribution < 1.29 is 19.1 Å². The van der Waals surface area contributed by atoms with Gasteiger partial charge in [-0.25, -0.2) is 14.0 Å². The first-order valence-electron chi connectivity index (χ1n) is 6.64. The van der Waals surface area contributed by atoms with Crippen LogP contribution in [0.1, 0.15) is 29.6 Å². The highest BCUT2D eigenvalue weighted by atomic mass is 32.2. The van der Waals surface area contributed by atoms with E-state index >= 15 is 0 Å². The summed E-state index contributed by atoms with van der Waals surface area (Å²) in [6.45, 7) is 0. The molecule has 0 aromatic heterocycles.